The molecule has 0 bridgehead atoms. The lowest BCUT2D eigenvalue weighted by Crippen LogP contribution is -2.51. The number of morpholine rings is 1. The Kier molecular flexibility index (Phi) is 11.5. The summed E-state index contributed by atoms with van der Waals surface area (Å²) in [5.41, 5.74) is 11.4. The number of hydrogen-bond donors (Lipinski definition) is 3. The molecule has 0 radical (unpaired) electrons. The van der Waals surface area contributed by atoms with E-state index in [2.05, 4.69) is 32.3 Å². The molecular weight excluding hydrogens is 811 g/mol. The first kappa shape index (κ1) is 42.1. The summed E-state index contributed by atoms with van der Waals surface area (Å²) >= 11 is 0. The number of urea groups is 1. The van der Waals surface area contributed by atoms with E-state index in [1.54, 1.807) is 35.0 Å². The Labute approximate surface area is 363 Å². The number of nitrogen functional groups attached to an aromatic ring is 1. The van der Waals surface area contributed by atoms with Crippen molar-refractivity contribution < 1.29 is 33.0 Å². The number of fused-ring (bicyclic) bond motifs is 1. The summed E-state index contributed by atoms with van der Waals surface area (Å²) in [4.78, 5) is 49.6. The number of nitrogens with zero attached hydrogens (tertiary/aromatic N) is 8. The first-order valence-electron chi connectivity index (χ1n) is 21.7. The van der Waals surface area contributed by atoms with Crippen molar-refractivity contribution in [2.75, 3.05) is 67.9 Å². The van der Waals surface area contributed by atoms with Gasteiger partial charge in [-0.2, -0.15) is 0 Å². The third kappa shape index (κ3) is 8.51. The van der Waals surface area contributed by atoms with Gasteiger partial charge in [-0.15, -0.1) is 10.2 Å². The number of aromatic hydroxyl groups is 1. The minimum Gasteiger partial charge on any atom is -0.507 e. The Morgan fingerprint density at radius 2 is 1.78 bits per heavy atom. The van der Waals surface area contributed by atoms with Gasteiger partial charge < -0.3 is 29.9 Å². The van der Waals surface area contributed by atoms with Gasteiger partial charge in [0.2, 0.25) is 5.91 Å². The Morgan fingerprint density at radius 1 is 1.00 bits per heavy atom. The molecule has 15 nitrogen and oxygen atoms in total. The normalized spacial score (nSPS) is 22.4. The van der Waals surface area contributed by atoms with Crippen LogP contribution in [0.1, 0.15) is 72.7 Å². The highest BCUT2D eigenvalue weighted by atomic mass is 19.3. The Bertz CT molecular complexity index is 2530. The Balaban J connectivity index is 0.790. The minimum absolute atomic E-state index is 0.0541. The van der Waals surface area contributed by atoms with E-state index in [-0.39, 0.29) is 67.4 Å². The number of aromatic nitrogens is 4. The molecule has 4 saturated heterocycles. The van der Waals surface area contributed by atoms with E-state index < -0.39 is 18.0 Å². The van der Waals surface area contributed by atoms with Gasteiger partial charge in [0, 0.05) is 74.9 Å². The molecule has 1 unspecified atom stereocenters. The first-order chi connectivity index (χ1) is 30.3. The maximum Gasteiger partial charge on any atom is 0.328 e. The summed E-state index contributed by atoms with van der Waals surface area (Å²) in [5, 5.41) is 21.9. The molecule has 4 fully saturated rings. The van der Waals surface area contributed by atoms with Crippen molar-refractivity contribution >= 4 is 46.1 Å². The van der Waals surface area contributed by atoms with Crippen LogP contribution in [0.2, 0.25) is 0 Å². The van der Waals surface area contributed by atoms with E-state index >= 15 is 8.78 Å². The molecule has 63 heavy (non-hydrogen) atoms. The number of nitrogens with one attached hydrogen (secondary N) is 1. The van der Waals surface area contributed by atoms with Crippen molar-refractivity contribution in [2.24, 2.45) is 5.92 Å². The second-order valence-corrected chi connectivity index (χ2v) is 17.3. The summed E-state index contributed by atoms with van der Waals surface area (Å²) in [6, 6.07) is 16.6. The van der Waals surface area contributed by atoms with Gasteiger partial charge in [-0.25, -0.2) is 18.6 Å². The molecule has 4 aliphatic heterocycles. The van der Waals surface area contributed by atoms with Gasteiger partial charge >= 0.3 is 6.03 Å². The van der Waals surface area contributed by atoms with E-state index in [0.717, 1.165) is 30.4 Å². The fourth-order valence-electron chi connectivity index (χ4n) is 9.59. The van der Waals surface area contributed by atoms with E-state index in [0.29, 0.717) is 78.5 Å². The zero-order valence-corrected chi connectivity index (χ0v) is 35.4. The summed E-state index contributed by atoms with van der Waals surface area (Å²) < 4.78 is 40.1. The summed E-state index contributed by atoms with van der Waals surface area (Å²) in [6.07, 6.45) is 5.54. The number of alkyl halides is 2. The van der Waals surface area contributed by atoms with E-state index in [1.165, 1.54) is 11.1 Å². The number of anilines is 3. The smallest absolute Gasteiger partial charge is 0.328 e. The fourth-order valence-corrected chi connectivity index (χ4v) is 9.59. The van der Waals surface area contributed by atoms with E-state index in [9.17, 15) is 19.5 Å². The quantitative estimate of drug-likeness (QED) is 0.151. The molecule has 17 heteroatoms. The molecule has 0 aliphatic carbocycles. The lowest BCUT2D eigenvalue weighted by Gasteiger charge is -2.41. The molecule has 4 aliphatic rings. The highest BCUT2D eigenvalue weighted by molar-refractivity contribution is 6.06. The first-order valence-corrected chi connectivity index (χ1v) is 21.7. The second-order valence-electron chi connectivity index (χ2n) is 17.3. The molecule has 3 atom stereocenters. The number of benzene rings is 2. The van der Waals surface area contributed by atoms with E-state index in [4.69, 9.17) is 10.5 Å². The number of halogens is 2. The molecular formula is C46H52F2N10O5. The lowest BCUT2D eigenvalue weighted by molar-refractivity contribution is -0.120. The van der Waals surface area contributed by atoms with Crippen LogP contribution in [0.25, 0.3) is 22.3 Å². The zero-order chi connectivity index (χ0) is 44.0. The van der Waals surface area contributed by atoms with Crippen LogP contribution in [0.4, 0.5) is 30.8 Å². The van der Waals surface area contributed by atoms with Gasteiger partial charge in [-0.1, -0.05) is 31.2 Å². The van der Waals surface area contributed by atoms with Crippen LogP contribution in [-0.2, 0) is 9.53 Å². The highest BCUT2D eigenvalue weighted by Crippen LogP contribution is 2.41. The van der Waals surface area contributed by atoms with Crippen LogP contribution in [-0.4, -0.2) is 117 Å². The number of pyridine rings is 1. The van der Waals surface area contributed by atoms with Crippen molar-refractivity contribution in [3.63, 3.8) is 0 Å². The molecule has 3 aromatic heterocycles. The number of phenolic OH excluding ortho intramolecular Hbond substituents is 1. The summed E-state index contributed by atoms with van der Waals surface area (Å²) in [5.74, 6) is -2.81. The molecule has 4 N–H and O–H groups in total. The van der Waals surface area contributed by atoms with Crippen molar-refractivity contribution in [1.29, 1.82) is 0 Å². The molecule has 7 heterocycles. The van der Waals surface area contributed by atoms with Crippen molar-refractivity contribution in [1.82, 2.24) is 34.9 Å². The number of ether oxygens (including phenoxy) is 1. The van der Waals surface area contributed by atoms with Crippen LogP contribution in [0.5, 0.6) is 5.75 Å². The largest absolute Gasteiger partial charge is 0.507 e. The minimum atomic E-state index is -3.01. The van der Waals surface area contributed by atoms with Crippen LogP contribution >= 0.6 is 0 Å². The summed E-state index contributed by atoms with van der Waals surface area (Å²) in [7, 11) is 0. The average Bonchev–Trinajstić information content (AvgIpc) is 3.60. The number of carbonyl (C=O) groups is 3. The topological polar surface area (TPSA) is 175 Å². The maximum atomic E-state index is 16.0. The van der Waals surface area contributed by atoms with Gasteiger partial charge in [0.15, 0.2) is 5.82 Å². The van der Waals surface area contributed by atoms with Gasteiger partial charge in [-0.3, -0.25) is 24.7 Å². The van der Waals surface area contributed by atoms with Crippen LogP contribution in [0.3, 0.4) is 0 Å². The zero-order valence-electron chi connectivity index (χ0n) is 35.4. The predicted octanol–water partition coefficient (Wildman–Crippen LogP) is 6.33. The number of likely N-dealkylation sites (tertiary alicyclic amines) is 2. The van der Waals surface area contributed by atoms with Gasteiger partial charge in [0.25, 0.3) is 11.8 Å². The molecule has 0 spiro atoms. The van der Waals surface area contributed by atoms with Crippen LogP contribution < -0.4 is 20.9 Å². The molecule has 330 valence electrons. The van der Waals surface area contributed by atoms with Gasteiger partial charge in [-0.05, 0) is 86.1 Å². The number of piperidine rings is 2. The Hall–Kier alpha value is -6.20. The number of hydrogen-bond acceptors (Lipinski definition) is 11. The lowest BCUT2D eigenvalue weighted by atomic mass is 9.93. The predicted molar refractivity (Wildman–Crippen MR) is 234 cm³/mol. The van der Waals surface area contributed by atoms with E-state index in [1.807, 2.05) is 53.1 Å². The Morgan fingerprint density at radius 3 is 2.51 bits per heavy atom. The average molecular weight is 863 g/mol. The van der Waals surface area contributed by atoms with Crippen molar-refractivity contribution in [2.45, 2.75) is 70.1 Å². The molecule has 9 rings (SSSR count). The molecule has 5 aromatic rings. The monoisotopic (exact) mass is 862 g/mol. The number of phenols is 1. The second kappa shape index (κ2) is 17.2. The molecule has 4 amide bonds. The third-order valence-electron chi connectivity index (χ3n) is 13.1. The van der Waals surface area contributed by atoms with Crippen LogP contribution in [0, 0.1) is 12.8 Å². The molecule has 0 saturated carbocycles. The van der Waals surface area contributed by atoms with Crippen molar-refractivity contribution in [3.8, 4) is 17.0 Å². The van der Waals surface area contributed by atoms with Crippen LogP contribution in [0.15, 0.2) is 73.1 Å². The number of para-hydroxylation sites is 1. The summed E-state index contributed by atoms with van der Waals surface area (Å²) in [6.45, 7) is 7.06. The van der Waals surface area contributed by atoms with Gasteiger partial charge in [0.05, 0.1) is 35.9 Å². The van der Waals surface area contributed by atoms with Gasteiger partial charge in [0.1, 0.15) is 23.5 Å². The number of amides is 4. The molecule has 2 aromatic carbocycles. The fraction of sp³-hybridized carbons (Fsp3) is 0.435. The maximum absolute atomic E-state index is 16.0. The highest BCUT2D eigenvalue weighted by Gasteiger charge is 2.47. The SMILES string of the molecule is CC[C@H]1CN(c2cc(-c3ccccc3O)nnc2N)C[C@@H](c2ccc(C(=O)N3CCC(CN4CCC(n5cc(C)c6cc(N7CCC(=O)NC7=O)cnc65)C(F)(F)C4)CC3)cc2)O1. The number of rotatable bonds is 9. The number of carbonyl (C=O) groups excluding carboxylic acids is 3. The number of imide groups is 1. The number of nitrogens with two attached hydrogens (primary N) is 1. The third-order valence-corrected chi connectivity index (χ3v) is 13.1. The standard InChI is InChI=1S/C46H52F2N10O5/c1-3-33-25-56(37-21-36(52-53-42(37)49)34-6-4-5-7-38(34)59)26-39(63-33)30-8-10-31(11-9-30)44(61)55-17-12-29(13-18-55)24-54-16-14-40(46(47,48)27-54)58-23-28(2)35-20-32(22-50-43(35)58)57-19-15-41(60)51-45(57)62/h4-11,20-23,29,33,39-40,59H,3,12-19,24-27H2,1-2H3,(H2,49,53)(H,51,60,62)/t33-,39-,40?/m0/s1. The van der Waals surface area contributed by atoms with Crippen molar-refractivity contribution in [3.05, 3.63) is 89.7 Å². The number of aryl methyl sites for hydroxylation is 1.